The lowest BCUT2D eigenvalue weighted by Gasteiger charge is -2.27. The highest BCUT2D eigenvalue weighted by molar-refractivity contribution is 9.09. The number of amides is 1. The third-order valence-corrected chi connectivity index (χ3v) is 6.22. The summed E-state index contributed by atoms with van der Waals surface area (Å²) < 4.78 is 22.8. The van der Waals surface area contributed by atoms with Crippen molar-refractivity contribution in [3.8, 4) is 0 Å². The largest absolute Gasteiger partial charge is 0.352 e. The molecule has 0 saturated heterocycles. The van der Waals surface area contributed by atoms with Crippen LogP contribution in [-0.2, 0) is 9.84 Å². The first kappa shape index (κ1) is 16.5. The number of alkyl halides is 1. The van der Waals surface area contributed by atoms with Gasteiger partial charge in [-0.25, -0.2) is 8.42 Å². The van der Waals surface area contributed by atoms with Gasteiger partial charge in [0.15, 0.2) is 9.84 Å². The maximum Gasteiger partial charge on any atom is 0.251 e. The summed E-state index contributed by atoms with van der Waals surface area (Å²) in [5, 5.41) is 2.94. The Morgan fingerprint density at radius 1 is 1.24 bits per heavy atom. The van der Waals surface area contributed by atoms with E-state index in [0.717, 1.165) is 19.1 Å². The number of carbonyl (C=O) groups excluding carboxylic acids is 1. The number of rotatable bonds is 4. The quantitative estimate of drug-likeness (QED) is 0.825. The number of nitrogens with one attached hydrogen (secondary N) is 1. The van der Waals surface area contributed by atoms with Gasteiger partial charge < -0.3 is 5.32 Å². The normalized spacial score (nSPS) is 22.8. The van der Waals surface area contributed by atoms with Gasteiger partial charge in [-0.05, 0) is 43.0 Å². The van der Waals surface area contributed by atoms with Crippen molar-refractivity contribution in [3.05, 3.63) is 29.8 Å². The summed E-state index contributed by atoms with van der Waals surface area (Å²) in [4.78, 5) is 12.8. The van der Waals surface area contributed by atoms with Crippen molar-refractivity contribution < 1.29 is 13.2 Å². The first-order chi connectivity index (χ1) is 9.88. The van der Waals surface area contributed by atoms with Crippen molar-refractivity contribution in [1.82, 2.24) is 5.32 Å². The molecule has 1 N–H and O–H groups in total. The maximum atomic E-state index is 12.1. The summed E-state index contributed by atoms with van der Waals surface area (Å²) in [5.41, 5.74) is 0.490. The third-order valence-electron chi connectivity index (χ3n) is 3.89. The molecule has 1 saturated carbocycles. The molecule has 2 atom stereocenters. The first-order valence-electron chi connectivity index (χ1n) is 7.10. The summed E-state index contributed by atoms with van der Waals surface area (Å²) in [6.45, 7) is 0.655. The maximum absolute atomic E-state index is 12.1. The summed E-state index contributed by atoms with van der Waals surface area (Å²) >= 11 is 3.67. The lowest BCUT2D eigenvalue weighted by atomic mass is 9.89. The van der Waals surface area contributed by atoms with Crippen molar-refractivity contribution in [2.45, 2.75) is 35.4 Å². The lowest BCUT2D eigenvalue weighted by molar-refractivity contribution is 0.0944. The zero-order valence-corrected chi connectivity index (χ0v) is 14.4. The molecule has 21 heavy (non-hydrogen) atoms. The van der Waals surface area contributed by atoms with Crippen molar-refractivity contribution in [2.24, 2.45) is 5.92 Å². The van der Waals surface area contributed by atoms with Crippen LogP contribution < -0.4 is 5.32 Å². The molecule has 0 bridgehead atoms. The van der Waals surface area contributed by atoms with Gasteiger partial charge in [0.1, 0.15) is 0 Å². The molecule has 4 nitrogen and oxygen atoms in total. The van der Waals surface area contributed by atoms with Crippen molar-refractivity contribution in [3.63, 3.8) is 0 Å². The molecule has 116 valence electrons. The molecule has 0 heterocycles. The molecule has 2 rings (SSSR count). The Labute approximate surface area is 134 Å². The molecule has 6 heteroatoms. The van der Waals surface area contributed by atoms with Gasteiger partial charge in [0.05, 0.1) is 4.90 Å². The second-order valence-electron chi connectivity index (χ2n) is 5.57. The van der Waals surface area contributed by atoms with E-state index in [0.29, 0.717) is 22.9 Å². The van der Waals surface area contributed by atoms with E-state index in [1.165, 1.54) is 25.0 Å². The minimum atomic E-state index is -3.22. The van der Waals surface area contributed by atoms with E-state index in [9.17, 15) is 13.2 Å². The van der Waals surface area contributed by atoms with Crippen molar-refractivity contribution in [1.29, 1.82) is 0 Å². The second kappa shape index (κ2) is 6.92. The fraction of sp³-hybridized carbons (Fsp3) is 0.533. The molecule has 0 radical (unpaired) electrons. The molecule has 1 fully saturated rings. The number of hydrogen-bond donors (Lipinski definition) is 1. The van der Waals surface area contributed by atoms with Gasteiger partial charge in [0, 0.05) is 23.2 Å². The highest BCUT2D eigenvalue weighted by atomic mass is 79.9. The summed E-state index contributed by atoms with van der Waals surface area (Å²) in [6, 6.07) is 6.05. The molecule has 1 amide bonds. The monoisotopic (exact) mass is 373 g/mol. The average molecular weight is 374 g/mol. The van der Waals surface area contributed by atoms with Gasteiger partial charge in [0.2, 0.25) is 0 Å². The first-order valence-corrected chi connectivity index (χ1v) is 9.91. The summed E-state index contributed by atoms with van der Waals surface area (Å²) in [5.74, 6) is 0.318. The Hall–Kier alpha value is -0.880. The van der Waals surface area contributed by atoms with Gasteiger partial charge in [-0.3, -0.25) is 4.79 Å². The Bertz CT molecular complexity index is 598. The van der Waals surface area contributed by atoms with Gasteiger partial charge in [-0.2, -0.15) is 0 Å². The fourth-order valence-electron chi connectivity index (χ4n) is 2.57. The average Bonchev–Trinajstić information content (AvgIpc) is 2.45. The van der Waals surface area contributed by atoms with E-state index in [4.69, 9.17) is 0 Å². The van der Waals surface area contributed by atoms with E-state index in [1.807, 2.05) is 0 Å². The molecule has 1 aliphatic rings. The molecular weight excluding hydrogens is 354 g/mol. The molecule has 0 aliphatic heterocycles. The second-order valence-corrected chi connectivity index (χ2v) is 8.76. The smallest absolute Gasteiger partial charge is 0.251 e. The molecule has 2 unspecified atom stereocenters. The number of benzene rings is 1. The SMILES string of the molecule is CS(=O)(=O)c1ccc(C(=O)NCC2CCCCC2Br)cc1. The van der Waals surface area contributed by atoms with Crippen LogP contribution >= 0.6 is 15.9 Å². The van der Waals surface area contributed by atoms with Crippen LogP contribution in [0.1, 0.15) is 36.0 Å². The molecule has 0 spiro atoms. The fourth-order valence-corrected chi connectivity index (χ4v) is 3.98. The van der Waals surface area contributed by atoms with Crippen molar-refractivity contribution >= 4 is 31.7 Å². The van der Waals surface area contributed by atoms with Gasteiger partial charge in [0.25, 0.3) is 5.91 Å². The van der Waals surface area contributed by atoms with Crippen LogP contribution in [0, 0.1) is 5.92 Å². The van der Waals surface area contributed by atoms with E-state index in [2.05, 4.69) is 21.2 Å². The number of halogens is 1. The zero-order valence-electron chi connectivity index (χ0n) is 12.0. The Morgan fingerprint density at radius 2 is 1.86 bits per heavy atom. The highest BCUT2D eigenvalue weighted by Gasteiger charge is 2.23. The number of carbonyl (C=O) groups is 1. The van der Waals surface area contributed by atoms with Crippen LogP contribution in [0.25, 0.3) is 0 Å². The van der Waals surface area contributed by atoms with E-state index in [1.54, 1.807) is 12.1 Å². The van der Waals surface area contributed by atoms with Crippen LogP contribution in [-0.4, -0.2) is 32.0 Å². The van der Waals surface area contributed by atoms with Crippen LogP contribution in [0.4, 0.5) is 0 Å². The topological polar surface area (TPSA) is 63.2 Å². The molecule has 1 aromatic rings. The molecule has 0 aromatic heterocycles. The lowest BCUT2D eigenvalue weighted by Crippen LogP contribution is -2.34. The minimum absolute atomic E-state index is 0.152. The standard InChI is InChI=1S/C15H20BrNO3S/c1-21(19,20)13-8-6-11(7-9-13)15(18)17-10-12-4-2-3-5-14(12)16/h6-9,12,14H,2-5,10H2,1H3,(H,17,18). The number of sulfone groups is 1. The predicted molar refractivity (Wildman–Crippen MR) is 86.6 cm³/mol. The van der Waals surface area contributed by atoms with Crippen LogP contribution in [0.2, 0.25) is 0 Å². The van der Waals surface area contributed by atoms with Gasteiger partial charge >= 0.3 is 0 Å². The minimum Gasteiger partial charge on any atom is -0.352 e. The number of hydrogen-bond acceptors (Lipinski definition) is 3. The summed E-state index contributed by atoms with van der Waals surface area (Å²) in [6.07, 6.45) is 5.90. The molecular formula is C15H20BrNO3S. The third kappa shape index (κ3) is 4.54. The predicted octanol–water partition coefficient (Wildman–Crippen LogP) is 2.77. The van der Waals surface area contributed by atoms with Crippen LogP contribution in [0.15, 0.2) is 29.2 Å². The van der Waals surface area contributed by atoms with E-state index in [-0.39, 0.29) is 10.8 Å². The summed E-state index contributed by atoms with van der Waals surface area (Å²) in [7, 11) is -3.22. The Balaban J connectivity index is 1.94. The molecule has 1 aliphatic carbocycles. The van der Waals surface area contributed by atoms with Crippen molar-refractivity contribution in [2.75, 3.05) is 12.8 Å². The van der Waals surface area contributed by atoms with Gasteiger partial charge in [-0.1, -0.05) is 28.8 Å². The molecule has 1 aromatic carbocycles. The zero-order chi connectivity index (χ0) is 15.5. The Kier molecular flexibility index (Phi) is 5.43. The highest BCUT2D eigenvalue weighted by Crippen LogP contribution is 2.29. The van der Waals surface area contributed by atoms with Crippen LogP contribution in [0.3, 0.4) is 0 Å². The van der Waals surface area contributed by atoms with Crippen LogP contribution in [0.5, 0.6) is 0 Å². The van der Waals surface area contributed by atoms with E-state index < -0.39 is 9.84 Å². The Morgan fingerprint density at radius 3 is 2.43 bits per heavy atom. The van der Waals surface area contributed by atoms with Gasteiger partial charge in [-0.15, -0.1) is 0 Å². The van der Waals surface area contributed by atoms with E-state index >= 15 is 0 Å².